The molecule has 0 saturated heterocycles. The number of rotatable bonds is 6. The van der Waals surface area contributed by atoms with Crippen molar-refractivity contribution in [1.82, 2.24) is 14.8 Å². The summed E-state index contributed by atoms with van der Waals surface area (Å²) >= 11 is 0. The van der Waals surface area contributed by atoms with Crippen LogP contribution in [0.2, 0.25) is 0 Å². The van der Waals surface area contributed by atoms with Crippen molar-refractivity contribution in [3.8, 4) is 0 Å². The van der Waals surface area contributed by atoms with Gasteiger partial charge in [-0.15, -0.1) is 0 Å². The Morgan fingerprint density at radius 2 is 2.28 bits per heavy atom. The fourth-order valence-electron chi connectivity index (χ4n) is 1.46. The van der Waals surface area contributed by atoms with E-state index in [9.17, 15) is 0 Å². The van der Waals surface area contributed by atoms with Crippen LogP contribution in [-0.4, -0.2) is 34.0 Å². The van der Waals surface area contributed by atoms with Crippen LogP contribution in [0.3, 0.4) is 0 Å². The number of nitrogens with zero attached hydrogens (tertiary/aromatic N) is 3. The van der Waals surface area contributed by atoms with E-state index in [1.165, 1.54) is 0 Å². The van der Waals surface area contributed by atoms with Gasteiger partial charge in [0.15, 0.2) is 5.82 Å². The van der Waals surface area contributed by atoms with Gasteiger partial charge in [0, 0.05) is 25.8 Å². The van der Waals surface area contributed by atoms with E-state index >= 15 is 0 Å². The zero-order valence-corrected chi connectivity index (χ0v) is 11.5. The highest BCUT2D eigenvalue weighted by Crippen LogP contribution is 2.16. The molecule has 5 heteroatoms. The Balaban J connectivity index is 2.85. The Bertz CT molecular complexity index is 420. The third-order valence-electron chi connectivity index (χ3n) is 2.57. The van der Waals surface area contributed by atoms with Gasteiger partial charge in [0.1, 0.15) is 6.33 Å². The van der Waals surface area contributed by atoms with Gasteiger partial charge in [0.2, 0.25) is 0 Å². The highest BCUT2D eigenvalue weighted by molar-refractivity contribution is 5.64. The van der Waals surface area contributed by atoms with Crippen LogP contribution in [0.1, 0.15) is 26.1 Å². The third-order valence-corrected chi connectivity index (χ3v) is 2.57. The highest BCUT2D eigenvalue weighted by Gasteiger charge is 2.13. The second-order valence-electron chi connectivity index (χ2n) is 4.38. The number of methoxy groups -OCH3 is 1. The first kappa shape index (κ1) is 14.6. The van der Waals surface area contributed by atoms with E-state index in [1.54, 1.807) is 18.1 Å². The number of allylic oxidation sites excluding steroid dienone is 2. The Kier molecular flexibility index (Phi) is 5.74. The maximum absolute atomic E-state index is 5.69. The van der Waals surface area contributed by atoms with Crippen LogP contribution in [-0.2, 0) is 11.8 Å². The second-order valence-corrected chi connectivity index (χ2v) is 4.38. The number of aryl methyl sites for hydroxylation is 1. The molecule has 1 aromatic rings. The molecule has 1 rings (SSSR count). The van der Waals surface area contributed by atoms with Crippen molar-refractivity contribution in [2.45, 2.75) is 32.4 Å². The first-order valence-electron chi connectivity index (χ1n) is 6.05. The lowest BCUT2D eigenvalue weighted by Crippen LogP contribution is -2.12. The molecule has 2 unspecified atom stereocenters. The molecule has 5 nitrogen and oxygen atoms in total. The van der Waals surface area contributed by atoms with E-state index < -0.39 is 0 Å². The van der Waals surface area contributed by atoms with Crippen LogP contribution < -0.4 is 5.73 Å². The molecule has 0 amide bonds. The van der Waals surface area contributed by atoms with Crippen LogP contribution in [0.15, 0.2) is 24.6 Å². The number of aromatic nitrogens is 3. The predicted molar refractivity (Wildman–Crippen MR) is 72.9 cm³/mol. The molecular weight excluding hydrogens is 228 g/mol. The lowest BCUT2D eigenvalue weighted by atomic mass is 10.1. The molecule has 2 N–H and O–H groups in total. The van der Waals surface area contributed by atoms with Gasteiger partial charge in [-0.25, -0.2) is 4.98 Å². The second kappa shape index (κ2) is 7.08. The molecule has 0 radical (unpaired) electrons. The van der Waals surface area contributed by atoms with Gasteiger partial charge < -0.3 is 10.5 Å². The quantitative estimate of drug-likeness (QED) is 0.777. The molecule has 18 heavy (non-hydrogen) atoms. The van der Waals surface area contributed by atoms with E-state index in [0.717, 1.165) is 12.0 Å². The summed E-state index contributed by atoms with van der Waals surface area (Å²) in [6.45, 7) is 3.95. The molecule has 0 aliphatic rings. The van der Waals surface area contributed by atoms with Crippen molar-refractivity contribution < 1.29 is 4.74 Å². The van der Waals surface area contributed by atoms with Gasteiger partial charge in [-0.1, -0.05) is 18.2 Å². The lowest BCUT2D eigenvalue weighted by Gasteiger charge is -2.10. The topological polar surface area (TPSA) is 66.0 Å². The molecule has 100 valence electrons. The summed E-state index contributed by atoms with van der Waals surface area (Å²) in [7, 11) is 3.52. The number of hydrogen-bond acceptors (Lipinski definition) is 4. The van der Waals surface area contributed by atoms with Crippen LogP contribution in [0.25, 0.3) is 5.57 Å². The zero-order chi connectivity index (χ0) is 13.5. The van der Waals surface area contributed by atoms with Crippen molar-refractivity contribution in [3.05, 3.63) is 30.4 Å². The minimum atomic E-state index is -0.0488. The van der Waals surface area contributed by atoms with E-state index in [0.29, 0.717) is 5.82 Å². The minimum Gasteiger partial charge on any atom is -0.377 e. The number of hydrogen-bond donors (Lipinski definition) is 1. The summed E-state index contributed by atoms with van der Waals surface area (Å²) in [6.07, 6.45) is 8.47. The molecular formula is C13H22N4O. The van der Waals surface area contributed by atoms with E-state index in [2.05, 4.69) is 10.1 Å². The Labute approximate surface area is 108 Å². The zero-order valence-electron chi connectivity index (χ0n) is 11.5. The summed E-state index contributed by atoms with van der Waals surface area (Å²) < 4.78 is 7.02. The Morgan fingerprint density at radius 3 is 2.78 bits per heavy atom. The molecule has 2 atom stereocenters. The molecule has 1 heterocycles. The fourth-order valence-corrected chi connectivity index (χ4v) is 1.46. The Hall–Kier alpha value is -1.46. The molecule has 0 bridgehead atoms. The maximum atomic E-state index is 5.69. The first-order chi connectivity index (χ1) is 8.54. The normalized spacial score (nSPS) is 16.2. The van der Waals surface area contributed by atoms with Crippen molar-refractivity contribution in [1.29, 1.82) is 0 Å². The number of nitrogens with two attached hydrogens (primary N) is 1. The maximum Gasteiger partial charge on any atom is 0.179 e. The molecule has 0 aromatic carbocycles. The van der Waals surface area contributed by atoms with Gasteiger partial charge in [-0.3, -0.25) is 4.68 Å². The third kappa shape index (κ3) is 4.43. The summed E-state index contributed by atoms with van der Waals surface area (Å²) in [5, 5.41) is 4.29. The van der Waals surface area contributed by atoms with E-state index in [1.807, 2.05) is 39.1 Å². The van der Waals surface area contributed by atoms with E-state index in [-0.39, 0.29) is 12.1 Å². The monoisotopic (exact) mass is 250 g/mol. The summed E-state index contributed by atoms with van der Waals surface area (Å²) in [5.74, 6) is 0.692. The Morgan fingerprint density at radius 1 is 1.56 bits per heavy atom. The highest BCUT2D eigenvalue weighted by atomic mass is 16.5. The van der Waals surface area contributed by atoms with Crippen molar-refractivity contribution >= 4 is 5.57 Å². The predicted octanol–water partition coefficient (Wildman–Crippen LogP) is 1.53. The van der Waals surface area contributed by atoms with Gasteiger partial charge in [0.25, 0.3) is 0 Å². The van der Waals surface area contributed by atoms with Crippen molar-refractivity contribution in [2.24, 2.45) is 12.8 Å². The summed E-state index contributed by atoms with van der Waals surface area (Å²) in [5.41, 5.74) is 6.64. The van der Waals surface area contributed by atoms with Gasteiger partial charge in [-0.05, 0) is 20.3 Å². The van der Waals surface area contributed by atoms with Gasteiger partial charge in [0.05, 0.1) is 6.10 Å². The first-order valence-corrected chi connectivity index (χ1v) is 6.05. The van der Waals surface area contributed by atoms with Crippen LogP contribution in [0.4, 0.5) is 0 Å². The van der Waals surface area contributed by atoms with Crippen molar-refractivity contribution in [3.63, 3.8) is 0 Å². The van der Waals surface area contributed by atoms with Crippen LogP contribution in [0.5, 0.6) is 0 Å². The summed E-state index contributed by atoms with van der Waals surface area (Å²) in [4.78, 5) is 4.24. The largest absolute Gasteiger partial charge is 0.377 e. The smallest absolute Gasteiger partial charge is 0.179 e. The molecule has 0 spiro atoms. The van der Waals surface area contributed by atoms with Crippen molar-refractivity contribution in [2.75, 3.05) is 7.11 Å². The lowest BCUT2D eigenvalue weighted by molar-refractivity contribution is 0.163. The standard InChI is InChI=1S/C13H22N4O/c1-10(14)7-5-6-8-12(11(2)18-4)13-15-9-17(3)16-13/h5-6,8-11H,7,14H2,1-4H3/b6-5?,12-8+. The van der Waals surface area contributed by atoms with Gasteiger partial charge in [-0.2, -0.15) is 5.10 Å². The molecule has 0 aliphatic carbocycles. The van der Waals surface area contributed by atoms with E-state index in [4.69, 9.17) is 10.5 Å². The SMILES string of the molecule is COC(C)/C(=C\C=CCC(C)N)c1ncn(C)n1. The number of ether oxygens (including phenoxy) is 1. The molecule has 0 saturated carbocycles. The average molecular weight is 250 g/mol. The minimum absolute atomic E-state index is 0.0488. The van der Waals surface area contributed by atoms with Gasteiger partial charge >= 0.3 is 0 Å². The van der Waals surface area contributed by atoms with Crippen LogP contribution >= 0.6 is 0 Å². The molecule has 1 aromatic heterocycles. The fraction of sp³-hybridized carbons (Fsp3) is 0.538. The molecule has 0 fully saturated rings. The summed E-state index contributed by atoms with van der Waals surface area (Å²) in [6, 6.07) is 0.172. The average Bonchev–Trinajstić information content (AvgIpc) is 2.74. The van der Waals surface area contributed by atoms with Crippen LogP contribution in [0, 0.1) is 0 Å². The molecule has 0 aliphatic heterocycles.